The van der Waals surface area contributed by atoms with Gasteiger partial charge in [-0.05, 0) is 12.1 Å². The largest absolute Gasteiger partial charge is 0.440 e. The van der Waals surface area contributed by atoms with Crippen molar-refractivity contribution in [3.63, 3.8) is 0 Å². The van der Waals surface area contributed by atoms with Gasteiger partial charge in [-0.2, -0.15) is 0 Å². The third-order valence-corrected chi connectivity index (χ3v) is 5.93. The zero-order valence-corrected chi connectivity index (χ0v) is 16.6. The fourth-order valence-electron chi connectivity index (χ4n) is 3.54. The van der Waals surface area contributed by atoms with Crippen molar-refractivity contribution >= 4 is 40.0 Å². The number of nitrogens with zero attached hydrogens (tertiary/aromatic N) is 2. The number of carbonyl (C=O) groups excluding carboxylic acids is 2. The lowest BCUT2D eigenvalue weighted by Crippen LogP contribution is -2.30. The Kier molecular flexibility index (Phi) is 4.57. The number of nitrogens with one attached hydrogen (secondary N) is 1. The summed E-state index contributed by atoms with van der Waals surface area (Å²) in [7, 11) is 0. The topological polar surface area (TPSA) is 95.7 Å². The van der Waals surface area contributed by atoms with Crippen LogP contribution < -0.4 is 5.32 Å². The molecule has 3 heterocycles. The van der Waals surface area contributed by atoms with Crippen LogP contribution in [-0.4, -0.2) is 33.3 Å². The second-order valence-electron chi connectivity index (χ2n) is 6.96. The minimum atomic E-state index is -0.955. The molecule has 2 N–H and O–H groups in total. The summed E-state index contributed by atoms with van der Waals surface area (Å²) in [5, 5.41) is 16.1. The quantitative estimate of drug-likeness (QED) is 0.513. The first-order valence-corrected chi connectivity index (χ1v) is 10.3. The highest BCUT2D eigenvalue weighted by Gasteiger charge is 2.34. The Balaban J connectivity index is 1.24. The SMILES string of the molecule is O=C(Nc1cc2ccccc2o1)c1nc(CCN2C(=O)c3ccccc3C2O)cs1. The molecule has 30 heavy (non-hydrogen) atoms. The summed E-state index contributed by atoms with van der Waals surface area (Å²) in [4.78, 5) is 30.8. The smallest absolute Gasteiger partial charge is 0.286 e. The van der Waals surface area contributed by atoms with E-state index in [1.807, 2.05) is 24.3 Å². The molecule has 0 saturated carbocycles. The lowest BCUT2D eigenvalue weighted by molar-refractivity contribution is 0.0181. The lowest BCUT2D eigenvalue weighted by atomic mass is 10.1. The van der Waals surface area contributed by atoms with E-state index in [1.54, 1.807) is 35.7 Å². The van der Waals surface area contributed by atoms with E-state index in [0.29, 0.717) is 46.3 Å². The van der Waals surface area contributed by atoms with E-state index in [-0.39, 0.29) is 11.8 Å². The van der Waals surface area contributed by atoms with Gasteiger partial charge in [0.1, 0.15) is 5.58 Å². The number of fused-ring (bicyclic) bond motifs is 2. The van der Waals surface area contributed by atoms with Crippen molar-refractivity contribution in [2.75, 3.05) is 11.9 Å². The predicted molar refractivity (Wildman–Crippen MR) is 112 cm³/mol. The summed E-state index contributed by atoms with van der Waals surface area (Å²) in [6, 6.07) is 16.3. The molecule has 1 atom stereocenters. The van der Waals surface area contributed by atoms with Gasteiger partial charge in [0.15, 0.2) is 11.2 Å². The third-order valence-electron chi connectivity index (χ3n) is 5.04. The average Bonchev–Trinajstić information content (AvgIpc) is 3.44. The minimum Gasteiger partial charge on any atom is -0.440 e. The summed E-state index contributed by atoms with van der Waals surface area (Å²) < 4.78 is 5.61. The number of para-hydroxylation sites is 1. The molecule has 0 radical (unpaired) electrons. The second kappa shape index (κ2) is 7.40. The molecule has 2 amide bonds. The van der Waals surface area contributed by atoms with Crippen LogP contribution in [0.15, 0.2) is 64.4 Å². The van der Waals surface area contributed by atoms with E-state index in [2.05, 4.69) is 10.3 Å². The molecule has 5 rings (SSSR count). The Morgan fingerprint density at radius 1 is 1.20 bits per heavy atom. The summed E-state index contributed by atoms with van der Waals surface area (Å²) in [6.45, 7) is 0.309. The molecule has 2 aromatic carbocycles. The number of amides is 2. The van der Waals surface area contributed by atoms with E-state index in [0.717, 1.165) is 5.39 Å². The third kappa shape index (κ3) is 3.26. The maximum atomic E-state index is 12.5. The van der Waals surface area contributed by atoms with E-state index in [4.69, 9.17) is 4.42 Å². The van der Waals surface area contributed by atoms with Gasteiger partial charge in [0.25, 0.3) is 11.8 Å². The molecule has 150 valence electrons. The molecule has 1 unspecified atom stereocenters. The molecule has 7 nitrogen and oxygen atoms in total. The number of benzene rings is 2. The van der Waals surface area contributed by atoms with Crippen molar-refractivity contribution in [3.05, 3.63) is 81.8 Å². The van der Waals surface area contributed by atoms with Gasteiger partial charge < -0.3 is 14.4 Å². The van der Waals surface area contributed by atoms with Gasteiger partial charge >= 0.3 is 0 Å². The number of rotatable bonds is 5. The number of hydrogen-bond acceptors (Lipinski definition) is 6. The van der Waals surface area contributed by atoms with E-state index in [1.165, 1.54) is 16.2 Å². The molecule has 0 saturated heterocycles. The van der Waals surface area contributed by atoms with Crippen LogP contribution in [0.2, 0.25) is 0 Å². The van der Waals surface area contributed by atoms with E-state index in [9.17, 15) is 14.7 Å². The van der Waals surface area contributed by atoms with Gasteiger partial charge in [-0.1, -0.05) is 36.4 Å². The first kappa shape index (κ1) is 18.5. The van der Waals surface area contributed by atoms with Crippen LogP contribution >= 0.6 is 11.3 Å². The van der Waals surface area contributed by atoms with Crippen LogP contribution in [0.4, 0.5) is 5.88 Å². The van der Waals surface area contributed by atoms with Crippen molar-refractivity contribution in [3.8, 4) is 0 Å². The fraction of sp³-hybridized carbons (Fsp3) is 0.136. The van der Waals surface area contributed by atoms with Crippen molar-refractivity contribution in [1.29, 1.82) is 0 Å². The number of aromatic nitrogens is 1. The van der Waals surface area contributed by atoms with Gasteiger partial charge in [-0.15, -0.1) is 11.3 Å². The molecular formula is C22H17N3O4S. The van der Waals surface area contributed by atoms with Crippen molar-refractivity contribution in [2.45, 2.75) is 12.6 Å². The summed E-state index contributed by atoms with van der Waals surface area (Å²) >= 11 is 1.22. The highest BCUT2D eigenvalue weighted by Crippen LogP contribution is 2.31. The maximum absolute atomic E-state index is 12.5. The molecule has 1 aliphatic rings. The van der Waals surface area contributed by atoms with Crippen LogP contribution in [0.1, 0.15) is 37.6 Å². The van der Waals surface area contributed by atoms with Gasteiger partial charge in [0.2, 0.25) is 5.88 Å². The number of hydrogen-bond donors (Lipinski definition) is 2. The van der Waals surface area contributed by atoms with Crippen LogP contribution in [0.3, 0.4) is 0 Å². The number of thiazole rings is 1. The Hall–Kier alpha value is -3.49. The van der Waals surface area contributed by atoms with Gasteiger partial charge in [-0.3, -0.25) is 14.9 Å². The molecule has 4 aromatic rings. The Morgan fingerprint density at radius 3 is 2.83 bits per heavy atom. The Bertz CT molecular complexity index is 1230. The summed E-state index contributed by atoms with van der Waals surface area (Å²) in [6.07, 6.45) is -0.520. The Labute approximate surface area is 175 Å². The van der Waals surface area contributed by atoms with Crippen molar-refractivity contribution in [1.82, 2.24) is 9.88 Å². The number of aliphatic hydroxyl groups is 1. The summed E-state index contributed by atoms with van der Waals surface area (Å²) in [5.41, 5.74) is 2.52. The van der Waals surface area contributed by atoms with Crippen LogP contribution in [0.25, 0.3) is 11.0 Å². The maximum Gasteiger partial charge on any atom is 0.286 e. The van der Waals surface area contributed by atoms with Crippen molar-refractivity contribution < 1.29 is 19.1 Å². The normalized spacial score (nSPS) is 15.6. The molecule has 2 aromatic heterocycles. The number of anilines is 1. The first-order valence-electron chi connectivity index (χ1n) is 9.42. The van der Waals surface area contributed by atoms with Crippen LogP contribution in [0, 0.1) is 0 Å². The molecule has 0 spiro atoms. The standard InChI is InChI=1S/C22H17N3O4S/c26-19(24-18-11-13-5-1-4-8-17(13)29-18)20-23-14(12-30-20)9-10-25-21(27)15-6-2-3-7-16(15)22(25)28/h1-8,11-12,21,27H,9-10H2,(H,24,26). The minimum absolute atomic E-state index is 0.198. The predicted octanol–water partition coefficient (Wildman–Crippen LogP) is 3.83. The van der Waals surface area contributed by atoms with Crippen LogP contribution in [-0.2, 0) is 6.42 Å². The molecule has 0 aliphatic carbocycles. The fourth-order valence-corrected chi connectivity index (χ4v) is 4.29. The van der Waals surface area contributed by atoms with E-state index >= 15 is 0 Å². The molecule has 1 aliphatic heterocycles. The van der Waals surface area contributed by atoms with E-state index < -0.39 is 6.23 Å². The molecular weight excluding hydrogens is 402 g/mol. The second-order valence-corrected chi connectivity index (χ2v) is 7.81. The number of carbonyl (C=O) groups is 2. The first-order chi connectivity index (χ1) is 14.6. The highest BCUT2D eigenvalue weighted by atomic mass is 32.1. The summed E-state index contributed by atoms with van der Waals surface area (Å²) in [5.74, 6) is -0.187. The highest BCUT2D eigenvalue weighted by molar-refractivity contribution is 7.11. The van der Waals surface area contributed by atoms with Gasteiger partial charge in [0, 0.05) is 40.9 Å². The molecule has 0 fully saturated rings. The average molecular weight is 419 g/mol. The lowest BCUT2D eigenvalue weighted by Gasteiger charge is -2.20. The monoisotopic (exact) mass is 419 g/mol. The zero-order chi connectivity index (χ0) is 20.7. The Morgan fingerprint density at radius 2 is 2.00 bits per heavy atom. The van der Waals surface area contributed by atoms with Gasteiger partial charge in [-0.25, -0.2) is 4.98 Å². The van der Waals surface area contributed by atoms with Crippen LogP contribution in [0.5, 0.6) is 0 Å². The molecule has 0 bridgehead atoms. The molecule has 8 heteroatoms. The number of aliphatic hydroxyl groups excluding tert-OH is 1. The van der Waals surface area contributed by atoms with Crippen molar-refractivity contribution in [2.24, 2.45) is 0 Å². The zero-order valence-electron chi connectivity index (χ0n) is 15.7. The number of furan rings is 1. The van der Waals surface area contributed by atoms with Gasteiger partial charge in [0.05, 0.1) is 5.69 Å².